The molecule has 2 fully saturated rings. The lowest BCUT2D eigenvalue weighted by molar-refractivity contribution is -0.113. The lowest BCUT2D eigenvalue weighted by atomic mass is 9.94. The number of hydrogen-bond acceptors (Lipinski definition) is 5. The maximum atomic E-state index is 11.0. The van der Waals surface area contributed by atoms with Gasteiger partial charge in [-0.1, -0.05) is 35.9 Å². The van der Waals surface area contributed by atoms with Gasteiger partial charge in [-0.05, 0) is 41.3 Å². The zero-order valence-corrected chi connectivity index (χ0v) is 19.2. The number of likely N-dealkylation sites (tertiary alicyclic amines) is 1. The van der Waals surface area contributed by atoms with Gasteiger partial charge in [0.1, 0.15) is 11.9 Å². The lowest BCUT2D eigenvalue weighted by Crippen LogP contribution is -2.41. The number of rotatable bonds is 6. The van der Waals surface area contributed by atoms with Gasteiger partial charge in [0.05, 0.1) is 24.9 Å². The number of halogens is 1. The van der Waals surface area contributed by atoms with Crippen molar-refractivity contribution in [2.45, 2.75) is 56.5 Å². The van der Waals surface area contributed by atoms with Crippen LogP contribution in [0.2, 0.25) is 5.02 Å². The summed E-state index contributed by atoms with van der Waals surface area (Å²) < 4.78 is 12.0. The van der Waals surface area contributed by atoms with Crippen LogP contribution in [0.5, 0.6) is 5.75 Å². The highest BCUT2D eigenvalue weighted by molar-refractivity contribution is 6.31. The van der Waals surface area contributed by atoms with Gasteiger partial charge in [0, 0.05) is 43.8 Å². The third-order valence-electron chi connectivity index (χ3n) is 6.36. The van der Waals surface area contributed by atoms with Crippen molar-refractivity contribution in [1.29, 1.82) is 0 Å². The molecular formula is C25H30ClNO6. The molecule has 1 unspecified atom stereocenters. The van der Waals surface area contributed by atoms with Crippen molar-refractivity contribution >= 4 is 17.7 Å². The molecule has 8 heteroatoms. The Bertz CT molecular complexity index is 944. The Kier molecular flexibility index (Phi) is 7.75. The van der Waals surface area contributed by atoms with Crippen LogP contribution >= 0.6 is 11.6 Å². The first kappa shape index (κ1) is 23.8. The number of aliphatic hydroxyl groups excluding tert-OH is 2. The molecule has 2 aromatic rings. The van der Waals surface area contributed by atoms with Crippen LogP contribution in [0.25, 0.3) is 0 Å². The Morgan fingerprint density at radius 3 is 2.52 bits per heavy atom. The number of ether oxygens (including phenoxy) is 2. The van der Waals surface area contributed by atoms with Crippen LogP contribution in [-0.4, -0.2) is 64.3 Å². The fourth-order valence-electron chi connectivity index (χ4n) is 4.52. The van der Waals surface area contributed by atoms with E-state index in [1.807, 2.05) is 42.5 Å². The average Bonchev–Trinajstić information content (AvgIpc) is 2.81. The third kappa shape index (κ3) is 6.18. The first-order valence-corrected chi connectivity index (χ1v) is 11.7. The Morgan fingerprint density at radius 1 is 1.12 bits per heavy atom. The van der Waals surface area contributed by atoms with Crippen LogP contribution in [0, 0.1) is 0 Å². The molecule has 4 rings (SSSR count). The van der Waals surface area contributed by atoms with Crippen molar-refractivity contribution in [2.24, 2.45) is 0 Å². The molecule has 2 heterocycles. The third-order valence-corrected chi connectivity index (χ3v) is 6.72. The molecule has 0 aliphatic carbocycles. The molecule has 0 spiro atoms. The maximum absolute atomic E-state index is 11.0. The molecule has 33 heavy (non-hydrogen) atoms. The minimum absolute atomic E-state index is 0.0196. The zero-order valence-electron chi connectivity index (χ0n) is 18.4. The monoisotopic (exact) mass is 475 g/mol. The predicted molar refractivity (Wildman–Crippen MR) is 124 cm³/mol. The molecule has 2 saturated heterocycles. The number of hydrogen-bond donors (Lipinski definition) is 3. The van der Waals surface area contributed by atoms with Crippen molar-refractivity contribution in [3.63, 3.8) is 0 Å². The van der Waals surface area contributed by atoms with Crippen molar-refractivity contribution < 1.29 is 29.6 Å². The largest absolute Gasteiger partial charge is 0.490 e. The molecule has 0 saturated carbocycles. The minimum atomic E-state index is -0.875. The summed E-state index contributed by atoms with van der Waals surface area (Å²) in [6, 6.07) is 13.7. The number of carbonyl (C=O) groups is 1. The van der Waals surface area contributed by atoms with Crippen molar-refractivity contribution in [3.05, 3.63) is 64.2 Å². The molecule has 7 nitrogen and oxygen atoms in total. The van der Waals surface area contributed by atoms with Crippen LogP contribution in [0.1, 0.15) is 48.5 Å². The summed E-state index contributed by atoms with van der Waals surface area (Å²) in [6.45, 7) is 0.878. The molecule has 0 bridgehead atoms. The smallest absolute Gasteiger partial charge is 0.407 e. The van der Waals surface area contributed by atoms with E-state index in [-0.39, 0.29) is 24.9 Å². The number of aliphatic hydroxyl groups is 2. The number of amides is 1. The van der Waals surface area contributed by atoms with Crippen LogP contribution in [0.4, 0.5) is 4.79 Å². The quantitative estimate of drug-likeness (QED) is 0.583. The van der Waals surface area contributed by atoms with Gasteiger partial charge in [-0.15, -0.1) is 0 Å². The highest BCUT2D eigenvalue weighted by atomic mass is 35.5. The second-order valence-electron chi connectivity index (χ2n) is 8.81. The number of benzene rings is 2. The summed E-state index contributed by atoms with van der Waals surface area (Å²) in [5, 5.41) is 29.3. The van der Waals surface area contributed by atoms with Crippen molar-refractivity contribution in [2.75, 3.05) is 19.7 Å². The van der Waals surface area contributed by atoms with E-state index < -0.39 is 12.2 Å². The van der Waals surface area contributed by atoms with E-state index in [9.17, 15) is 15.0 Å². The van der Waals surface area contributed by atoms with Crippen LogP contribution in [0.15, 0.2) is 42.5 Å². The van der Waals surface area contributed by atoms with E-state index in [0.717, 1.165) is 22.4 Å². The first-order chi connectivity index (χ1) is 15.9. The van der Waals surface area contributed by atoms with Crippen LogP contribution in [0.3, 0.4) is 0 Å². The predicted octanol–water partition coefficient (Wildman–Crippen LogP) is 4.03. The van der Waals surface area contributed by atoms with E-state index in [4.69, 9.17) is 26.2 Å². The molecule has 3 N–H and O–H groups in total. The standard InChI is InChI=1S/C25H30ClNO6/c26-23-6-3-17(24-14-19(29)13-22(15-28)33-24)12-18(23)11-16-1-4-20(5-2-16)32-21-7-9-27(10-8-21)25(30)31/h1-6,12,19,21-22,24,28-29H,7-11,13-15H2,(H,30,31)/t19?,22-,24+/m0/s1. The highest BCUT2D eigenvalue weighted by Crippen LogP contribution is 2.34. The summed E-state index contributed by atoms with van der Waals surface area (Å²) in [5.41, 5.74) is 2.99. The molecule has 178 valence electrons. The summed E-state index contributed by atoms with van der Waals surface area (Å²) in [5.74, 6) is 0.770. The normalized spacial score (nSPS) is 24.0. The second kappa shape index (κ2) is 10.7. The summed E-state index contributed by atoms with van der Waals surface area (Å²) >= 11 is 6.46. The minimum Gasteiger partial charge on any atom is -0.490 e. The first-order valence-electron chi connectivity index (χ1n) is 11.4. The van der Waals surface area contributed by atoms with Gasteiger partial charge in [-0.3, -0.25) is 0 Å². The fourth-order valence-corrected chi connectivity index (χ4v) is 4.70. The Hall–Kier alpha value is -2.32. The second-order valence-corrected chi connectivity index (χ2v) is 9.22. The molecule has 1 amide bonds. The molecule has 2 aliphatic rings. The van der Waals surface area contributed by atoms with E-state index in [0.29, 0.717) is 50.2 Å². The van der Waals surface area contributed by atoms with E-state index in [2.05, 4.69) is 0 Å². The SMILES string of the molecule is O=C(O)N1CCC(Oc2ccc(Cc3cc([C@H]4CC(O)C[C@@H](CO)O4)ccc3Cl)cc2)CC1. The molecule has 2 aliphatic heterocycles. The number of piperidine rings is 1. The van der Waals surface area contributed by atoms with E-state index in [1.54, 1.807) is 0 Å². The van der Waals surface area contributed by atoms with Gasteiger partial charge >= 0.3 is 6.09 Å². The number of nitrogens with zero attached hydrogens (tertiary/aromatic N) is 1. The lowest BCUT2D eigenvalue weighted by Gasteiger charge is -2.32. The van der Waals surface area contributed by atoms with Crippen molar-refractivity contribution in [1.82, 2.24) is 4.90 Å². The topological polar surface area (TPSA) is 99.5 Å². The molecule has 0 radical (unpaired) electrons. The average molecular weight is 476 g/mol. The maximum Gasteiger partial charge on any atom is 0.407 e. The van der Waals surface area contributed by atoms with Gasteiger partial charge in [-0.2, -0.15) is 0 Å². The Labute approximate surface area is 198 Å². The molecule has 0 aromatic heterocycles. The van der Waals surface area contributed by atoms with Crippen LogP contribution < -0.4 is 4.74 Å². The molecule has 3 atom stereocenters. The van der Waals surface area contributed by atoms with E-state index in [1.165, 1.54) is 4.90 Å². The highest BCUT2D eigenvalue weighted by Gasteiger charge is 2.29. The van der Waals surface area contributed by atoms with Gasteiger partial charge in [-0.25, -0.2) is 4.79 Å². The summed E-state index contributed by atoms with van der Waals surface area (Å²) in [7, 11) is 0. The summed E-state index contributed by atoms with van der Waals surface area (Å²) in [4.78, 5) is 12.5. The Morgan fingerprint density at radius 2 is 1.85 bits per heavy atom. The number of carboxylic acid groups (broad SMARTS) is 1. The zero-order chi connectivity index (χ0) is 23.4. The van der Waals surface area contributed by atoms with Gasteiger partial charge in [0.15, 0.2) is 0 Å². The van der Waals surface area contributed by atoms with Crippen molar-refractivity contribution in [3.8, 4) is 5.75 Å². The fraction of sp³-hybridized carbons (Fsp3) is 0.480. The molecular weight excluding hydrogens is 446 g/mol. The summed E-state index contributed by atoms with van der Waals surface area (Å²) in [6.07, 6.45) is 0.969. The van der Waals surface area contributed by atoms with Gasteiger partial charge in [0.2, 0.25) is 0 Å². The van der Waals surface area contributed by atoms with Gasteiger partial charge < -0.3 is 29.7 Å². The van der Waals surface area contributed by atoms with Crippen LogP contribution in [-0.2, 0) is 11.2 Å². The Balaban J connectivity index is 1.38. The van der Waals surface area contributed by atoms with Gasteiger partial charge in [0.25, 0.3) is 0 Å². The molecule has 2 aromatic carbocycles. The van der Waals surface area contributed by atoms with E-state index >= 15 is 0 Å².